The van der Waals surface area contributed by atoms with Crippen LogP contribution in [0.5, 0.6) is 0 Å². The van der Waals surface area contributed by atoms with Gasteiger partial charge in [0.1, 0.15) is 0 Å². The molecule has 0 bridgehead atoms. The minimum absolute atomic E-state index is 0.572. The minimum Gasteiger partial charge on any atom is -0.381 e. The highest BCUT2D eigenvalue weighted by atomic mass is 79.9. The third-order valence-corrected chi connectivity index (χ3v) is 3.85. The molecular weight excluding hydrogens is 342 g/mol. The van der Waals surface area contributed by atoms with Gasteiger partial charge in [-0.25, -0.2) is 4.79 Å². The van der Waals surface area contributed by atoms with E-state index in [2.05, 4.69) is 26.6 Å². The number of benzene rings is 2. The average molecular weight is 355 g/mol. The van der Waals surface area contributed by atoms with Gasteiger partial charge >= 0.3 is 6.03 Å². The Morgan fingerprint density at radius 3 is 2.40 bits per heavy atom. The molecule has 0 aromatic heterocycles. The fourth-order valence-corrected chi connectivity index (χ4v) is 2.21. The van der Waals surface area contributed by atoms with Crippen molar-refractivity contribution in [2.24, 2.45) is 5.73 Å². The predicted molar refractivity (Wildman–Crippen MR) is 86.1 cm³/mol. The second-order valence-electron chi connectivity index (χ2n) is 4.17. The van der Waals surface area contributed by atoms with Gasteiger partial charge in [-0.05, 0) is 57.9 Å². The molecule has 0 fully saturated rings. The molecule has 0 aliphatic rings. The highest BCUT2D eigenvalue weighted by Crippen LogP contribution is 2.23. The summed E-state index contributed by atoms with van der Waals surface area (Å²) in [5.41, 5.74) is 7.77. The largest absolute Gasteiger partial charge is 0.381 e. The molecule has 20 heavy (non-hydrogen) atoms. The van der Waals surface area contributed by atoms with Crippen molar-refractivity contribution in [3.05, 3.63) is 57.5 Å². The third kappa shape index (κ3) is 4.15. The van der Waals surface area contributed by atoms with E-state index in [0.717, 1.165) is 15.7 Å². The number of carbonyl (C=O) groups is 1. The molecule has 4 N–H and O–H groups in total. The highest BCUT2D eigenvalue weighted by Gasteiger charge is 2.00. The Bertz CT molecular complexity index is 616. The smallest absolute Gasteiger partial charge is 0.316 e. The lowest BCUT2D eigenvalue weighted by Crippen LogP contribution is -2.19. The molecule has 2 rings (SSSR count). The molecule has 2 aromatic rings. The summed E-state index contributed by atoms with van der Waals surface area (Å²) < 4.78 is 0.875. The molecule has 0 unspecified atom stereocenters. The summed E-state index contributed by atoms with van der Waals surface area (Å²) in [6.07, 6.45) is 0. The number of urea groups is 1. The molecule has 104 valence electrons. The summed E-state index contributed by atoms with van der Waals surface area (Å²) in [7, 11) is 0. The number of amides is 2. The lowest BCUT2D eigenvalue weighted by molar-refractivity contribution is 0.259. The quantitative estimate of drug-likeness (QED) is 0.770. The fourth-order valence-electron chi connectivity index (χ4n) is 1.67. The van der Waals surface area contributed by atoms with Crippen LogP contribution in [0.1, 0.15) is 5.56 Å². The zero-order valence-electron chi connectivity index (χ0n) is 10.5. The van der Waals surface area contributed by atoms with Gasteiger partial charge in [0.2, 0.25) is 0 Å². The average Bonchev–Trinajstić information content (AvgIpc) is 2.41. The molecule has 4 nitrogen and oxygen atoms in total. The minimum atomic E-state index is -0.572. The Labute approximate surface area is 130 Å². The summed E-state index contributed by atoms with van der Waals surface area (Å²) in [6.45, 7) is 0.679. The number of hydrogen-bond acceptors (Lipinski definition) is 2. The van der Waals surface area contributed by atoms with Crippen LogP contribution < -0.4 is 16.4 Å². The first kappa shape index (κ1) is 14.7. The highest BCUT2D eigenvalue weighted by molar-refractivity contribution is 9.10. The number of anilines is 2. The van der Waals surface area contributed by atoms with E-state index in [4.69, 9.17) is 17.3 Å². The molecule has 0 saturated carbocycles. The van der Waals surface area contributed by atoms with Crippen LogP contribution in [0.3, 0.4) is 0 Å². The van der Waals surface area contributed by atoms with Crippen molar-refractivity contribution >= 4 is 44.9 Å². The fraction of sp³-hybridized carbons (Fsp3) is 0.0714. The molecule has 2 amide bonds. The number of hydrogen-bond donors (Lipinski definition) is 3. The second kappa shape index (κ2) is 6.63. The van der Waals surface area contributed by atoms with E-state index in [1.54, 1.807) is 12.1 Å². The summed E-state index contributed by atoms with van der Waals surface area (Å²) in [6, 6.07) is 12.5. The van der Waals surface area contributed by atoms with E-state index >= 15 is 0 Å². The van der Waals surface area contributed by atoms with Crippen LogP contribution in [-0.4, -0.2) is 6.03 Å². The Kier molecular flexibility index (Phi) is 4.87. The van der Waals surface area contributed by atoms with E-state index in [-0.39, 0.29) is 0 Å². The van der Waals surface area contributed by atoms with Crippen LogP contribution in [-0.2, 0) is 6.54 Å². The molecular formula is C14H13BrClN3O. The zero-order valence-corrected chi connectivity index (χ0v) is 12.8. The van der Waals surface area contributed by atoms with Crippen molar-refractivity contribution in [2.45, 2.75) is 6.54 Å². The molecule has 0 saturated heterocycles. The maximum Gasteiger partial charge on any atom is 0.316 e. The Balaban J connectivity index is 1.96. The maximum atomic E-state index is 10.7. The Morgan fingerprint density at radius 1 is 1.15 bits per heavy atom. The van der Waals surface area contributed by atoms with Crippen molar-refractivity contribution in [1.29, 1.82) is 0 Å². The third-order valence-electron chi connectivity index (χ3n) is 2.63. The van der Waals surface area contributed by atoms with E-state index in [1.807, 2.05) is 30.3 Å². The van der Waals surface area contributed by atoms with E-state index in [0.29, 0.717) is 17.3 Å². The van der Waals surface area contributed by atoms with Crippen LogP contribution in [0.2, 0.25) is 5.02 Å². The number of nitrogens with two attached hydrogens (primary N) is 1. The van der Waals surface area contributed by atoms with Gasteiger partial charge in [0.05, 0.1) is 5.02 Å². The van der Waals surface area contributed by atoms with Crippen LogP contribution in [0.25, 0.3) is 0 Å². The number of carbonyl (C=O) groups excluding carboxylic acids is 1. The number of rotatable bonds is 4. The summed E-state index contributed by atoms with van der Waals surface area (Å²) in [5, 5.41) is 6.48. The van der Waals surface area contributed by atoms with Crippen molar-refractivity contribution in [1.82, 2.24) is 0 Å². The lowest BCUT2D eigenvalue weighted by atomic mass is 10.2. The number of halogens is 2. The number of nitrogens with one attached hydrogen (secondary N) is 2. The van der Waals surface area contributed by atoms with Crippen LogP contribution in [0, 0.1) is 0 Å². The van der Waals surface area contributed by atoms with Crippen LogP contribution in [0.15, 0.2) is 46.9 Å². The van der Waals surface area contributed by atoms with Crippen molar-refractivity contribution in [3.8, 4) is 0 Å². The number of primary amides is 1. The predicted octanol–water partition coefficient (Wildman–Crippen LogP) is 4.21. The van der Waals surface area contributed by atoms with E-state index in [9.17, 15) is 4.79 Å². The van der Waals surface area contributed by atoms with E-state index in [1.165, 1.54) is 0 Å². The topological polar surface area (TPSA) is 67.2 Å². The molecule has 0 aliphatic carbocycles. The second-order valence-corrected chi connectivity index (χ2v) is 5.43. The van der Waals surface area contributed by atoms with Crippen molar-refractivity contribution in [2.75, 3.05) is 10.6 Å². The van der Waals surface area contributed by atoms with Gasteiger partial charge in [-0.1, -0.05) is 17.7 Å². The van der Waals surface area contributed by atoms with Gasteiger partial charge in [0, 0.05) is 22.4 Å². The molecule has 6 heteroatoms. The lowest BCUT2D eigenvalue weighted by Gasteiger charge is -2.08. The standard InChI is InChI=1S/C14H13BrClN3O/c15-12-7-9(1-6-13(12)16)8-18-10-2-4-11(5-3-10)19-14(17)20/h1-7,18H,8H2,(H3,17,19,20). The van der Waals surface area contributed by atoms with Crippen LogP contribution >= 0.6 is 27.5 Å². The summed E-state index contributed by atoms with van der Waals surface area (Å²) >= 11 is 9.34. The first-order chi connectivity index (χ1) is 9.54. The first-order valence-corrected chi connectivity index (χ1v) is 7.06. The first-order valence-electron chi connectivity index (χ1n) is 5.89. The van der Waals surface area contributed by atoms with Crippen LogP contribution in [0.4, 0.5) is 16.2 Å². The normalized spacial score (nSPS) is 10.1. The maximum absolute atomic E-state index is 10.7. The van der Waals surface area contributed by atoms with Gasteiger partial charge < -0.3 is 16.4 Å². The van der Waals surface area contributed by atoms with Gasteiger partial charge in [0.15, 0.2) is 0 Å². The summed E-state index contributed by atoms with van der Waals surface area (Å²) in [4.78, 5) is 10.7. The summed E-state index contributed by atoms with van der Waals surface area (Å²) in [5.74, 6) is 0. The van der Waals surface area contributed by atoms with Gasteiger partial charge in [-0.2, -0.15) is 0 Å². The van der Waals surface area contributed by atoms with Gasteiger partial charge in [-0.3, -0.25) is 0 Å². The SMILES string of the molecule is NC(=O)Nc1ccc(NCc2ccc(Cl)c(Br)c2)cc1. The Morgan fingerprint density at radius 2 is 1.80 bits per heavy atom. The molecule has 0 radical (unpaired) electrons. The molecule has 0 aliphatic heterocycles. The molecule has 0 heterocycles. The Hall–Kier alpha value is -1.72. The van der Waals surface area contributed by atoms with Gasteiger partial charge in [-0.15, -0.1) is 0 Å². The van der Waals surface area contributed by atoms with Crippen molar-refractivity contribution < 1.29 is 4.79 Å². The van der Waals surface area contributed by atoms with Gasteiger partial charge in [0.25, 0.3) is 0 Å². The van der Waals surface area contributed by atoms with Crippen molar-refractivity contribution in [3.63, 3.8) is 0 Å². The molecule has 0 spiro atoms. The monoisotopic (exact) mass is 353 g/mol. The molecule has 2 aromatic carbocycles. The molecule has 0 atom stereocenters. The zero-order chi connectivity index (χ0) is 14.5. The van der Waals surface area contributed by atoms with E-state index < -0.39 is 6.03 Å².